The van der Waals surface area contributed by atoms with Crippen molar-refractivity contribution in [3.63, 3.8) is 0 Å². The molecule has 0 atom stereocenters. The number of rotatable bonds is 5. The molecule has 10 heavy (non-hydrogen) atoms. The summed E-state index contributed by atoms with van der Waals surface area (Å²) in [5.41, 5.74) is 0. The van der Waals surface area contributed by atoms with Crippen LogP contribution in [0.1, 0.15) is 6.92 Å². The van der Waals surface area contributed by atoms with Gasteiger partial charge in [-0.2, -0.15) is 0 Å². The van der Waals surface area contributed by atoms with Crippen LogP contribution in [0.3, 0.4) is 0 Å². The summed E-state index contributed by atoms with van der Waals surface area (Å²) < 4.78 is 16.2. The van der Waals surface area contributed by atoms with E-state index < -0.39 is 6.67 Å². The van der Waals surface area contributed by atoms with E-state index in [9.17, 15) is 9.18 Å². The van der Waals surface area contributed by atoms with Crippen LogP contribution in [0.2, 0.25) is 0 Å². The number of alkyl halides is 1. The van der Waals surface area contributed by atoms with Crippen LogP contribution in [0, 0.1) is 0 Å². The summed E-state index contributed by atoms with van der Waals surface area (Å²) in [6, 6.07) is 0. The van der Waals surface area contributed by atoms with Gasteiger partial charge in [0.2, 0.25) is 5.91 Å². The predicted octanol–water partition coefficient (Wildman–Crippen LogP) is 0.109. The third kappa shape index (κ3) is 5.50. The molecule has 0 spiro atoms. The summed E-state index contributed by atoms with van der Waals surface area (Å²) >= 11 is 0. The van der Waals surface area contributed by atoms with Crippen LogP contribution in [0.4, 0.5) is 4.39 Å². The molecule has 0 aliphatic rings. The number of carbonyl (C=O) groups excluding carboxylic acids is 1. The molecule has 0 aliphatic heterocycles. The molecule has 3 nitrogen and oxygen atoms in total. The summed E-state index contributed by atoms with van der Waals surface area (Å²) in [7, 11) is 0. The molecule has 0 fully saturated rings. The summed E-state index contributed by atoms with van der Waals surface area (Å²) in [4.78, 5) is 10.6. The van der Waals surface area contributed by atoms with E-state index in [1.54, 1.807) is 6.92 Å². The molecule has 0 heterocycles. The van der Waals surface area contributed by atoms with Gasteiger partial charge < -0.3 is 10.1 Å². The van der Waals surface area contributed by atoms with Crippen molar-refractivity contribution >= 4 is 5.91 Å². The Kier molecular flexibility index (Phi) is 6.06. The van der Waals surface area contributed by atoms with E-state index in [1.165, 1.54) is 0 Å². The molecule has 0 aromatic carbocycles. The Morgan fingerprint density at radius 2 is 2.40 bits per heavy atom. The van der Waals surface area contributed by atoms with Crippen molar-refractivity contribution in [2.45, 2.75) is 6.92 Å². The molecule has 4 heteroatoms. The maximum absolute atomic E-state index is 11.4. The molecule has 0 rings (SSSR count). The second kappa shape index (κ2) is 6.48. The molecule has 1 N–H and O–H groups in total. The number of nitrogens with one attached hydrogen (secondary N) is 1. The number of ether oxygens (including phenoxy) is 1. The van der Waals surface area contributed by atoms with Gasteiger partial charge in [0.05, 0.1) is 0 Å². The lowest BCUT2D eigenvalue weighted by atomic mass is 10.6. The number of hydrogen-bond donors (Lipinski definition) is 1. The van der Waals surface area contributed by atoms with Gasteiger partial charge in [-0.25, -0.2) is 4.39 Å². The van der Waals surface area contributed by atoms with Crippen LogP contribution in [0.5, 0.6) is 0 Å². The number of carbonyl (C=O) groups is 1. The average Bonchev–Trinajstić information content (AvgIpc) is 1.97. The van der Waals surface area contributed by atoms with Crippen molar-refractivity contribution in [1.29, 1.82) is 0 Å². The zero-order valence-electron chi connectivity index (χ0n) is 6.02. The van der Waals surface area contributed by atoms with Crippen molar-refractivity contribution in [3.05, 3.63) is 0 Å². The SMILES string of the molecule is CCOCC(=O)NCCF. The lowest BCUT2D eigenvalue weighted by molar-refractivity contribution is -0.125. The first-order valence-electron chi connectivity index (χ1n) is 3.21. The molecule has 0 aromatic heterocycles. The van der Waals surface area contributed by atoms with Gasteiger partial charge in [-0.05, 0) is 6.92 Å². The van der Waals surface area contributed by atoms with Gasteiger partial charge in [-0.1, -0.05) is 0 Å². The largest absolute Gasteiger partial charge is 0.372 e. The van der Waals surface area contributed by atoms with Crippen molar-refractivity contribution in [3.8, 4) is 0 Å². The van der Waals surface area contributed by atoms with Crippen molar-refractivity contribution in [2.75, 3.05) is 26.4 Å². The van der Waals surface area contributed by atoms with Gasteiger partial charge >= 0.3 is 0 Å². The highest BCUT2D eigenvalue weighted by molar-refractivity contribution is 5.77. The molecule has 0 saturated heterocycles. The first kappa shape index (κ1) is 9.36. The summed E-state index contributed by atoms with van der Waals surface area (Å²) in [6.07, 6.45) is 0. The van der Waals surface area contributed by atoms with Gasteiger partial charge in [0.15, 0.2) is 0 Å². The Balaban J connectivity index is 3.09. The quantitative estimate of drug-likeness (QED) is 0.602. The van der Waals surface area contributed by atoms with Crippen LogP contribution < -0.4 is 5.32 Å². The maximum Gasteiger partial charge on any atom is 0.246 e. The Morgan fingerprint density at radius 1 is 1.70 bits per heavy atom. The minimum Gasteiger partial charge on any atom is -0.372 e. The van der Waals surface area contributed by atoms with E-state index in [-0.39, 0.29) is 19.1 Å². The van der Waals surface area contributed by atoms with Gasteiger partial charge in [0.1, 0.15) is 13.3 Å². The Bertz CT molecular complexity index is 87.7. The van der Waals surface area contributed by atoms with E-state index in [2.05, 4.69) is 5.32 Å². The molecule has 0 aromatic rings. The molecule has 0 aliphatic carbocycles. The van der Waals surface area contributed by atoms with Crippen LogP contribution in [0.25, 0.3) is 0 Å². The lowest BCUT2D eigenvalue weighted by Gasteiger charge is -2.00. The fourth-order valence-corrected chi connectivity index (χ4v) is 0.432. The topological polar surface area (TPSA) is 38.3 Å². The van der Waals surface area contributed by atoms with Crippen molar-refractivity contribution in [1.82, 2.24) is 5.32 Å². The van der Waals surface area contributed by atoms with Crippen LogP contribution >= 0.6 is 0 Å². The number of hydrogen-bond acceptors (Lipinski definition) is 2. The zero-order chi connectivity index (χ0) is 7.82. The highest BCUT2D eigenvalue weighted by Crippen LogP contribution is 1.73. The fraction of sp³-hybridized carbons (Fsp3) is 0.833. The second-order valence-corrected chi connectivity index (χ2v) is 1.68. The minimum atomic E-state index is -0.530. The average molecular weight is 149 g/mol. The molecule has 0 radical (unpaired) electrons. The summed E-state index contributed by atoms with van der Waals surface area (Å²) in [5.74, 6) is -0.264. The number of amides is 1. The summed E-state index contributed by atoms with van der Waals surface area (Å²) in [5, 5.41) is 2.33. The van der Waals surface area contributed by atoms with E-state index in [1.807, 2.05) is 0 Å². The van der Waals surface area contributed by atoms with E-state index in [4.69, 9.17) is 4.74 Å². The standard InChI is InChI=1S/C6H12FNO2/c1-2-10-5-6(9)8-4-3-7/h2-5H2,1H3,(H,8,9). The second-order valence-electron chi connectivity index (χ2n) is 1.68. The third-order valence-electron chi connectivity index (χ3n) is 0.854. The van der Waals surface area contributed by atoms with Crippen molar-refractivity contribution in [2.24, 2.45) is 0 Å². The minimum absolute atomic E-state index is 0.0243. The zero-order valence-corrected chi connectivity index (χ0v) is 6.02. The van der Waals surface area contributed by atoms with Crippen LogP contribution in [-0.2, 0) is 9.53 Å². The summed E-state index contributed by atoms with van der Waals surface area (Å²) in [6.45, 7) is 1.87. The van der Waals surface area contributed by atoms with Crippen LogP contribution in [-0.4, -0.2) is 32.3 Å². The Hall–Kier alpha value is -0.640. The van der Waals surface area contributed by atoms with E-state index >= 15 is 0 Å². The smallest absolute Gasteiger partial charge is 0.246 e. The highest BCUT2D eigenvalue weighted by Gasteiger charge is 1.97. The maximum atomic E-state index is 11.4. The van der Waals surface area contributed by atoms with Gasteiger partial charge in [0.25, 0.3) is 0 Å². The first-order valence-corrected chi connectivity index (χ1v) is 3.21. The lowest BCUT2D eigenvalue weighted by Crippen LogP contribution is -2.29. The third-order valence-corrected chi connectivity index (χ3v) is 0.854. The normalized spacial score (nSPS) is 9.40. The van der Waals surface area contributed by atoms with Crippen molar-refractivity contribution < 1.29 is 13.9 Å². The van der Waals surface area contributed by atoms with Gasteiger partial charge in [-0.3, -0.25) is 4.79 Å². The van der Waals surface area contributed by atoms with Gasteiger partial charge in [0, 0.05) is 13.2 Å². The monoisotopic (exact) mass is 149 g/mol. The predicted molar refractivity (Wildman–Crippen MR) is 35.5 cm³/mol. The highest BCUT2D eigenvalue weighted by atomic mass is 19.1. The molecule has 1 amide bonds. The molecule has 0 saturated carbocycles. The number of halogens is 1. The molecule has 60 valence electrons. The molecule has 0 bridgehead atoms. The van der Waals surface area contributed by atoms with Gasteiger partial charge in [-0.15, -0.1) is 0 Å². The first-order chi connectivity index (χ1) is 4.81. The van der Waals surface area contributed by atoms with E-state index in [0.717, 1.165) is 0 Å². The fourth-order valence-electron chi connectivity index (χ4n) is 0.432. The molecule has 0 unspecified atom stereocenters. The Morgan fingerprint density at radius 3 is 2.90 bits per heavy atom. The van der Waals surface area contributed by atoms with Crippen LogP contribution in [0.15, 0.2) is 0 Å². The molecular weight excluding hydrogens is 137 g/mol. The van der Waals surface area contributed by atoms with E-state index in [0.29, 0.717) is 6.61 Å². The molecular formula is C6H12FNO2. The Labute approximate surface area is 59.6 Å².